The van der Waals surface area contributed by atoms with Crippen LogP contribution in [-0.4, -0.2) is 52.8 Å². The second kappa shape index (κ2) is 8.56. The highest BCUT2D eigenvalue weighted by Gasteiger charge is 2.22. The van der Waals surface area contributed by atoms with Gasteiger partial charge in [0.2, 0.25) is 5.91 Å². The monoisotopic (exact) mass is 355 g/mol. The molecule has 6 heteroatoms. The van der Waals surface area contributed by atoms with Gasteiger partial charge >= 0.3 is 0 Å². The topological polar surface area (TPSA) is 53.5 Å². The Bertz CT molecular complexity index is 767. The summed E-state index contributed by atoms with van der Waals surface area (Å²) in [5.74, 6) is -0.301. The summed E-state index contributed by atoms with van der Waals surface area (Å²) in [6, 6.07) is 9.94. The van der Waals surface area contributed by atoms with Crippen LogP contribution in [0, 0.1) is 5.82 Å². The lowest BCUT2D eigenvalue weighted by Gasteiger charge is -2.22. The van der Waals surface area contributed by atoms with Crippen molar-refractivity contribution < 1.29 is 14.0 Å². The summed E-state index contributed by atoms with van der Waals surface area (Å²) < 4.78 is 13.7. The van der Waals surface area contributed by atoms with Crippen LogP contribution in [0.4, 0.5) is 4.39 Å². The first-order chi connectivity index (χ1) is 12.6. The summed E-state index contributed by atoms with van der Waals surface area (Å²) >= 11 is 0. The van der Waals surface area contributed by atoms with E-state index in [-0.39, 0.29) is 24.1 Å². The summed E-state index contributed by atoms with van der Waals surface area (Å²) in [7, 11) is 0. The zero-order valence-corrected chi connectivity index (χ0v) is 14.6. The van der Waals surface area contributed by atoms with Crippen LogP contribution in [0.3, 0.4) is 0 Å². The van der Waals surface area contributed by atoms with Crippen LogP contribution in [-0.2, 0) is 11.2 Å². The van der Waals surface area contributed by atoms with Gasteiger partial charge in [0.15, 0.2) is 0 Å². The lowest BCUT2D eigenvalue weighted by atomic mass is 10.1. The normalized spacial score (nSPS) is 14.8. The highest BCUT2D eigenvalue weighted by molar-refractivity contribution is 5.94. The van der Waals surface area contributed by atoms with Crippen molar-refractivity contribution >= 4 is 11.8 Å². The summed E-state index contributed by atoms with van der Waals surface area (Å²) in [5.41, 5.74) is 1.17. The maximum atomic E-state index is 13.7. The van der Waals surface area contributed by atoms with Crippen LogP contribution in [0.5, 0.6) is 0 Å². The van der Waals surface area contributed by atoms with Crippen molar-refractivity contribution in [3.05, 3.63) is 65.7 Å². The Hall–Kier alpha value is -2.76. The highest BCUT2D eigenvalue weighted by Crippen LogP contribution is 2.13. The number of halogens is 1. The third kappa shape index (κ3) is 4.45. The maximum Gasteiger partial charge on any atom is 0.254 e. The standard InChI is InChI=1S/C20H22FN3O2/c21-18-5-2-1-4-16(18)6-7-19(25)23-12-3-13-24(15-14-23)20(26)17-8-10-22-11-9-17/h1-2,4-5,8-11H,3,6-7,12-15H2. The predicted octanol–water partition coefficient (Wildman–Crippen LogP) is 2.53. The van der Waals surface area contributed by atoms with Crippen molar-refractivity contribution in [2.75, 3.05) is 26.2 Å². The average molecular weight is 355 g/mol. The molecule has 1 aliphatic heterocycles. The molecule has 26 heavy (non-hydrogen) atoms. The number of hydrogen-bond acceptors (Lipinski definition) is 3. The fourth-order valence-electron chi connectivity index (χ4n) is 3.15. The number of benzene rings is 1. The molecular formula is C20H22FN3O2. The van der Waals surface area contributed by atoms with Gasteiger partial charge < -0.3 is 9.80 Å². The number of carbonyl (C=O) groups is 2. The number of pyridine rings is 1. The van der Waals surface area contributed by atoms with Gasteiger partial charge in [-0.2, -0.15) is 0 Å². The first-order valence-corrected chi connectivity index (χ1v) is 8.85. The molecule has 1 aromatic carbocycles. The predicted molar refractivity (Wildman–Crippen MR) is 96.1 cm³/mol. The molecule has 0 saturated carbocycles. The van der Waals surface area contributed by atoms with E-state index in [9.17, 15) is 14.0 Å². The largest absolute Gasteiger partial charge is 0.341 e. The smallest absolute Gasteiger partial charge is 0.254 e. The Morgan fingerprint density at radius 3 is 2.42 bits per heavy atom. The zero-order valence-electron chi connectivity index (χ0n) is 14.6. The Labute approximate surface area is 152 Å². The van der Waals surface area contributed by atoms with E-state index in [0.717, 1.165) is 6.42 Å². The molecular weight excluding hydrogens is 333 g/mol. The minimum absolute atomic E-state index is 0.00598. The summed E-state index contributed by atoms with van der Waals surface area (Å²) in [6.07, 6.45) is 4.61. The van der Waals surface area contributed by atoms with Gasteiger partial charge in [-0.05, 0) is 36.6 Å². The van der Waals surface area contributed by atoms with E-state index in [4.69, 9.17) is 0 Å². The summed E-state index contributed by atoms with van der Waals surface area (Å²) in [5, 5.41) is 0. The molecule has 2 amide bonds. The number of carbonyl (C=O) groups excluding carboxylic acids is 2. The van der Waals surface area contributed by atoms with E-state index in [0.29, 0.717) is 43.7 Å². The highest BCUT2D eigenvalue weighted by atomic mass is 19.1. The fraction of sp³-hybridized carbons (Fsp3) is 0.350. The molecule has 1 fully saturated rings. The van der Waals surface area contributed by atoms with E-state index >= 15 is 0 Å². The Balaban J connectivity index is 1.54. The Kier molecular flexibility index (Phi) is 5.94. The third-order valence-corrected chi connectivity index (χ3v) is 4.63. The lowest BCUT2D eigenvalue weighted by Crippen LogP contribution is -2.37. The minimum Gasteiger partial charge on any atom is -0.341 e. The molecule has 3 rings (SSSR count). The Morgan fingerprint density at radius 2 is 1.65 bits per heavy atom. The Morgan fingerprint density at radius 1 is 0.962 bits per heavy atom. The molecule has 5 nitrogen and oxygen atoms in total. The molecule has 2 aromatic rings. The molecule has 0 radical (unpaired) electrons. The zero-order chi connectivity index (χ0) is 18.4. The number of hydrogen-bond donors (Lipinski definition) is 0. The minimum atomic E-state index is -0.273. The molecule has 0 N–H and O–H groups in total. The van der Waals surface area contributed by atoms with Crippen molar-refractivity contribution in [2.24, 2.45) is 0 Å². The molecule has 136 valence electrons. The number of aryl methyl sites for hydroxylation is 1. The van der Waals surface area contributed by atoms with Crippen LogP contribution in [0.1, 0.15) is 28.8 Å². The van der Waals surface area contributed by atoms with Crippen molar-refractivity contribution in [3.63, 3.8) is 0 Å². The van der Waals surface area contributed by atoms with Crippen LogP contribution in [0.25, 0.3) is 0 Å². The third-order valence-electron chi connectivity index (χ3n) is 4.63. The first-order valence-electron chi connectivity index (χ1n) is 8.85. The summed E-state index contributed by atoms with van der Waals surface area (Å²) in [4.78, 5) is 32.5. The lowest BCUT2D eigenvalue weighted by molar-refractivity contribution is -0.131. The second-order valence-corrected chi connectivity index (χ2v) is 6.35. The number of amides is 2. The van der Waals surface area contributed by atoms with Crippen LogP contribution >= 0.6 is 0 Å². The second-order valence-electron chi connectivity index (χ2n) is 6.35. The molecule has 2 heterocycles. The van der Waals surface area contributed by atoms with Gasteiger partial charge in [-0.25, -0.2) is 4.39 Å². The number of nitrogens with zero attached hydrogens (tertiary/aromatic N) is 3. The molecule has 1 aromatic heterocycles. The van der Waals surface area contributed by atoms with Gasteiger partial charge in [0, 0.05) is 50.6 Å². The van der Waals surface area contributed by atoms with Gasteiger partial charge in [-0.15, -0.1) is 0 Å². The molecule has 0 spiro atoms. The molecule has 0 aliphatic carbocycles. The van der Waals surface area contributed by atoms with E-state index in [1.54, 1.807) is 52.5 Å². The van der Waals surface area contributed by atoms with Crippen molar-refractivity contribution in [2.45, 2.75) is 19.3 Å². The average Bonchev–Trinajstić information content (AvgIpc) is 2.93. The molecule has 1 saturated heterocycles. The van der Waals surface area contributed by atoms with Crippen molar-refractivity contribution in [3.8, 4) is 0 Å². The van der Waals surface area contributed by atoms with Crippen molar-refractivity contribution in [1.29, 1.82) is 0 Å². The SMILES string of the molecule is O=C(CCc1ccccc1F)N1CCCN(C(=O)c2ccncc2)CC1. The molecule has 0 unspecified atom stereocenters. The molecule has 0 bridgehead atoms. The van der Waals surface area contributed by atoms with Gasteiger partial charge in [0.25, 0.3) is 5.91 Å². The van der Waals surface area contributed by atoms with E-state index in [1.807, 2.05) is 0 Å². The van der Waals surface area contributed by atoms with E-state index < -0.39 is 0 Å². The van der Waals surface area contributed by atoms with Crippen LogP contribution < -0.4 is 0 Å². The van der Waals surface area contributed by atoms with Gasteiger partial charge in [0.1, 0.15) is 5.82 Å². The van der Waals surface area contributed by atoms with Crippen molar-refractivity contribution in [1.82, 2.24) is 14.8 Å². The van der Waals surface area contributed by atoms with E-state index in [1.165, 1.54) is 6.07 Å². The van der Waals surface area contributed by atoms with Gasteiger partial charge in [-0.3, -0.25) is 14.6 Å². The first kappa shape index (κ1) is 18.0. The summed E-state index contributed by atoms with van der Waals surface area (Å²) in [6.45, 7) is 2.26. The number of aromatic nitrogens is 1. The van der Waals surface area contributed by atoms with Gasteiger partial charge in [-0.1, -0.05) is 18.2 Å². The van der Waals surface area contributed by atoms with Gasteiger partial charge in [0.05, 0.1) is 0 Å². The molecule has 1 aliphatic rings. The van der Waals surface area contributed by atoms with Crippen LogP contribution in [0.2, 0.25) is 0 Å². The quantitative estimate of drug-likeness (QED) is 0.847. The fourth-order valence-corrected chi connectivity index (χ4v) is 3.15. The van der Waals surface area contributed by atoms with Crippen LogP contribution in [0.15, 0.2) is 48.8 Å². The van der Waals surface area contributed by atoms with E-state index in [2.05, 4.69) is 4.98 Å². The maximum absolute atomic E-state index is 13.7. The number of rotatable bonds is 4. The molecule has 0 atom stereocenters.